The van der Waals surface area contributed by atoms with Crippen LogP contribution >= 0.6 is 23.1 Å². The molecule has 37 heavy (non-hydrogen) atoms. The van der Waals surface area contributed by atoms with E-state index in [9.17, 15) is 24.3 Å². The number of rotatable bonds is 10. The Morgan fingerprint density at radius 1 is 1.43 bits per heavy atom. The smallest absolute Gasteiger partial charge is 0.352 e. The summed E-state index contributed by atoms with van der Waals surface area (Å²) >= 11 is 2.41. The molecule has 2 aliphatic rings. The predicted molar refractivity (Wildman–Crippen MR) is 134 cm³/mol. The molecule has 0 bridgehead atoms. The average molecular weight is 545 g/mol. The van der Waals surface area contributed by atoms with Gasteiger partial charge in [-0.15, -0.1) is 23.1 Å². The van der Waals surface area contributed by atoms with E-state index in [1.54, 1.807) is 22.9 Å². The Labute approximate surface area is 218 Å². The molecule has 2 aliphatic heterocycles. The molecule has 1 saturated heterocycles. The van der Waals surface area contributed by atoms with Crippen molar-refractivity contribution >= 4 is 57.6 Å². The number of carbonyl (C=O) groups excluding carboxylic acids is 3. The highest BCUT2D eigenvalue weighted by molar-refractivity contribution is 8.00. The summed E-state index contributed by atoms with van der Waals surface area (Å²) in [5.41, 5.74) is 11.6. The number of hydrogen-bond donors (Lipinski definition) is 4. The summed E-state index contributed by atoms with van der Waals surface area (Å²) in [6, 6.07) is 2.18. The third-order valence-corrected chi connectivity index (χ3v) is 7.39. The van der Waals surface area contributed by atoms with Crippen molar-refractivity contribution in [3.8, 4) is 0 Å². The van der Waals surface area contributed by atoms with Gasteiger partial charge in [-0.1, -0.05) is 17.8 Å². The van der Waals surface area contributed by atoms with E-state index in [4.69, 9.17) is 16.3 Å². The molecule has 15 heteroatoms. The summed E-state index contributed by atoms with van der Waals surface area (Å²) < 4.78 is 1.62. The number of oxime groups is 1. The fourth-order valence-corrected chi connectivity index (χ4v) is 5.64. The number of pyridine rings is 1. The standard InChI is InChI=1S/C22H21N7O6S2/c1-2-6-35-27-14(13-10-37-22(24)25-13)18(31)26-15-19(32)29-16(21(33)34)12(9-36-20(15)29)8-28-5-3-4-11(7-28)17(23)30/h2-5,7,10,15,20H,1,6,8-9H2,(H5-,23,24,25,26,30,31,33,34)/p+1/t15?,20-/m0/s1. The van der Waals surface area contributed by atoms with Crippen LogP contribution in [-0.2, 0) is 25.8 Å². The quantitative estimate of drug-likeness (QED) is 0.0758. The predicted octanol–water partition coefficient (Wildman–Crippen LogP) is -0.543. The number of carboxylic acid groups (broad SMARTS) is 1. The van der Waals surface area contributed by atoms with Crippen LogP contribution in [0.3, 0.4) is 0 Å². The van der Waals surface area contributed by atoms with E-state index in [1.807, 2.05) is 0 Å². The summed E-state index contributed by atoms with van der Waals surface area (Å²) in [6.07, 6.45) is 4.62. The van der Waals surface area contributed by atoms with E-state index in [2.05, 4.69) is 22.0 Å². The maximum absolute atomic E-state index is 13.0. The van der Waals surface area contributed by atoms with Gasteiger partial charge in [-0.25, -0.2) is 14.3 Å². The molecular formula is C22H22N7O6S2+. The van der Waals surface area contributed by atoms with Crippen LogP contribution in [0.1, 0.15) is 16.1 Å². The van der Waals surface area contributed by atoms with Crippen molar-refractivity contribution in [2.75, 3.05) is 18.1 Å². The number of nitrogens with two attached hydrogens (primary N) is 2. The number of aromatic nitrogens is 2. The molecule has 4 rings (SSSR count). The molecule has 2 atom stereocenters. The fourth-order valence-electron chi connectivity index (χ4n) is 3.76. The van der Waals surface area contributed by atoms with E-state index in [1.165, 1.54) is 29.4 Å². The van der Waals surface area contributed by atoms with Crippen LogP contribution in [0.15, 0.2) is 59.0 Å². The Kier molecular flexibility index (Phi) is 7.54. The van der Waals surface area contributed by atoms with Crippen LogP contribution in [0.4, 0.5) is 5.13 Å². The monoisotopic (exact) mass is 544 g/mol. The van der Waals surface area contributed by atoms with Gasteiger partial charge in [-0.3, -0.25) is 19.3 Å². The fraction of sp³-hybridized carbons (Fsp3) is 0.227. The number of nitrogen functional groups attached to an aromatic ring is 1. The third-order valence-electron chi connectivity index (χ3n) is 5.38. The highest BCUT2D eigenvalue weighted by Crippen LogP contribution is 2.40. The number of carboxylic acids is 1. The molecule has 0 aliphatic carbocycles. The first kappa shape index (κ1) is 25.8. The third kappa shape index (κ3) is 5.31. The minimum Gasteiger partial charge on any atom is -0.477 e. The molecule has 0 radical (unpaired) electrons. The number of primary amides is 1. The Morgan fingerprint density at radius 3 is 2.86 bits per heavy atom. The Morgan fingerprint density at radius 2 is 2.22 bits per heavy atom. The summed E-state index contributed by atoms with van der Waals surface area (Å²) in [7, 11) is 0. The molecule has 0 aromatic carbocycles. The first-order valence-corrected chi connectivity index (χ1v) is 12.7. The van der Waals surface area contributed by atoms with Crippen LogP contribution in [0.5, 0.6) is 0 Å². The van der Waals surface area contributed by atoms with Gasteiger partial charge in [0.25, 0.3) is 17.7 Å². The van der Waals surface area contributed by atoms with Crippen molar-refractivity contribution in [3.05, 3.63) is 65.1 Å². The van der Waals surface area contributed by atoms with Gasteiger partial charge in [0.05, 0.1) is 0 Å². The lowest BCUT2D eigenvalue weighted by molar-refractivity contribution is -0.689. The summed E-state index contributed by atoms with van der Waals surface area (Å²) in [5, 5.41) is 17.4. The minimum atomic E-state index is -1.27. The van der Waals surface area contributed by atoms with Crippen molar-refractivity contribution in [2.45, 2.75) is 18.0 Å². The zero-order valence-corrected chi connectivity index (χ0v) is 20.8. The first-order chi connectivity index (χ1) is 17.7. The zero-order chi connectivity index (χ0) is 26.7. The van der Waals surface area contributed by atoms with E-state index >= 15 is 0 Å². The van der Waals surface area contributed by atoms with E-state index in [-0.39, 0.29) is 46.7 Å². The van der Waals surface area contributed by atoms with Crippen LogP contribution in [0.2, 0.25) is 0 Å². The number of aliphatic carboxylic acids is 1. The molecule has 6 N–H and O–H groups in total. The molecule has 0 spiro atoms. The second-order valence-corrected chi connectivity index (χ2v) is 9.84. The maximum Gasteiger partial charge on any atom is 0.352 e. The number of thiazole rings is 1. The number of carbonyl (C=O) groups is 4. The normalized spacial score (nSPS) is 19.1. The van der Waals surface area contributed by atoms with Gasteiger partial charge in [0.2, 0.25) is 0 Å². The lowest BCUT2D eigenvalue weighted by atomic mass is 10.0. The van der Waals surface area contributed by atoms with Crippen LogP contribution < -0.4 is 21.4 Å². The lowest BCUT2D eigenvalue weighted by Gasteiger charge is -2.49. The molecule has 13 nitrogen and oxygen atoms in total. The molecular weight excluding hydrogens is 522 g/mol. The van der Waals surface area contributed by atoms with Gasteiger partial charge in [-0.2, -0.15) is 0 Å². The molecule has 3 amide bonds. The second kappa shape index (κ2) is 10.8. The number of thioether (sulfide) groups is 1. The molecule has 192 valence electrons. The van der Waals surface area contributed by atoms with Crippen molar-refractivity contribution in [1.82, 2.24) is 15.2 Å². The molecule has 1 unspecified atom stereocenters. The number of β-lactam (4-membered cyclic amide) rings is 1. The van der Waals surface area contributed by atoms with Crippen LogP contribution in [0.25, 0.3) is 0 Å². The van der Waals surface area contributed by atoms with Crippen molar-refractivity contribution in [1.29, 1.82) is 0 Å². The van der Waals surface area contributed by atoms with E-state index in [0.29, 0.717) is 5.57 Å². The van der Waals surface area contributed by atoms with Gasteiger partial charge in [0.1, 0.15) is 35.0 Å². The highest BCUT2D eigenvalue weighted by atomic mass is 32.2. The van der Waals surface area contributed by atoms with E-state index in [0.717, 1.165) is 16.2 Å². The van der Waals surface area contributed by atoms with Gasteiger partial charge in [-0.05, 0) is 6.07 Å². The number of amides is 3. The van der Waals surface area contributed by atoms with Gasteiger partial charge >= 0.3 is 5.97 Å². The summed E-state index contributed by atoms with van der Waals surface area (Å²) in [6.45, 7) is 3.69. The molecule has 2 aromatic rings. The van der Waals surface area contributed by atoms with Crippen LogP contribution in [0, 0.1) is 0 Å². The second-order valence-electron chi connectivity index (χ2n) is 7.84. The number of hydrogen-bond acceptors (Lipinski definition) is 10. The average Bonchev–Trinajstić information content (AvgIpc) is 3.30. The molecule has 4 heterocycles. The van der Waals surface area contributed by atoms with Crippen molar-refractivity contribution in [2.24, 2.45) is 10.9 Å². The van der Waals surface area contributed by atoms with Crippen LogP contribution in [-0.4, -0.2) is 68.2 Å². The first-order valence-electron chi connectivity index (χ1n) is 10.7. The van der Waals surface area contributed by atoms with Gasteiger partial charge in [0.15, 0.2) is 29.8 Å². The summed E-state index contributed by atoms with van der Waals surface area (Å²) in [4.78, 5) is 59.9. The Hall–Kier alpha value is -4.24. The minimum absolute atomic E-state index is 0.0426. The number of anilines is 1. The molecule has 0 saturated carbocycles. The number of nitrogens with one attached hydrogen (secondary N) is 1. The maximum atomic E-state index is 13.0. The molecule has 1 fully saturated rings. The molecule has 2 aromatic heterocycles. The number of fused-ring (bicyclic) bond motifs is 1. The van der Waals surface area contributed by atoms with E-state index < -0.39 is 35.1 Å². The Bertz CT molecular complexity index is 1350. The SMILES string of the molecule is C=CCON=C(C(=O)NC1C(=O)N2C(C(=O)O)=C(C[n+]3cccc(C(N)=O)c3)CS[C@@H]12)c1csc(N)n1. The largest absolute Gasteiger partial charge is 0.477 e. The van der Waals surface area contributed by atoms with Gasteiger partial charge in [0, 0.05) is 22.8 Å². The Balaban J connectivity index is 1.54. The zero-order valence-electron chi connectivity index (χ0n) is 19.2. The van der Waals surface area contributed by atoms with Gasteiger partial charge < -0.3 is 26.7 Å². The number of nitrogens with zero attached hydrogens (tertiary/aromatic N) is 4. The van der Waals surface area contributed by atoms with Crippen molar-refractivity contribution < 1.29 is 33.7 Å². The summed E-state index contributed by atoms with van der Waals surface area (Å²) in [5.74, 6) is -2.92. The lowest BCUT2D eigenvalue weighted by Crippen LogP contribution is -2.71. The van der Waals surface area contributed by atoms with Crippen molar-refractivity contribution in [3.63, 3.8) is 0 Å². The topological polar surface area (TPSA) is 194 Å². The highest BCUT2D eigenvalue weighted by Gasteiger charge is 2.54.